The Morgan fingerprint density at radius 3 is 2.19 bits per heavy atom. The molecule has 4 fully saturated rings. The molecule has 2 saturated heterocycles. The average molecular weight is 820 g/mol. The van der Waals surface area contributed by atoms with Crippen molar-refractivity contribution in [1.82, 2.24) is 16.0 Å². The maximum Gasteiger partial charge on any atom is 0.332 e. The predicted molar refractivity (Wildman–Crippen MR) is 198 cm³/mol. The van der Waals surface area contributed by atoms with Crippen LogP contribution in [0.1, 0.15) is 85.0 Å². The molecule has 2 saturated carbocycles. The molecule has 2 aliphatic heterocycles. The van der Waals surface area contributed by atoms with Crippen LogP contribution in [0.15, 0.2) is 0 Å². The lowest BCUT2D eigenvalue weighted by atomic mass is 9.75. The largest absolute Gasteiger partial charge is 0.479 e. The van der Waals surface area contributed by atoms with Gasteiger partial charge in [0, 0.05) is 39.5 Å². The minimum atomic E-state index is -1.66. The van der Waals surface area contributed by atoms with Gasteiger partial charge in [-0.1, -0.05) is 45.4 Å². The SMILES string of the molecule is CCC1CC(C(=O)NCCNC(=O)CCOC)C[C@@H](O[C@@H]2O[C@@H](CO)C(O)C(O[C@@H](CC3CCCCC3)C(=O)O)C2NC(C)=O)C1OC1O[C@@H](C)C(O)C(O)[C@@H]1O. The van der Waals surface area contributed by atoms with E-state index in [1.54, 1.807) is 0 Å². The van der Waals surface area contributed by atoms with Crippen LogP contribution in [0.25, 0.3) is 0 Å². The molecular weight excluding hydrogens is 754 g/mol. The van der Waals surface area contributed by atoms with Crippen LogP contribution < -0.4 is 16.0 Å². The Morgan fingerprint density at radius 2 is 1.56 bits per heavy atom. The lowest BCUT2D eigenvalue weighted by Crippen LogP contribution is -2.67. The molecule has 0 bridgehead atoms. The first-order valence-corrected chi connectivity index (χ1v) is 20.3. The van der Waals surface area contributed by atoms with Gasteiger partial charge in [0.05, 0.1) is 31.5 Å². The molecule has 15 atom stereocenters. The highest BCUT2D eigenvalue weighted by Gasteiger charge is 2.53. The molecule has 0 aromatic heterocycles. The van der Waals surface area contributed by atoms with Crippen LogP contribution in [-0.4, -0.2) is 167 Å². The molecule has 0 spiro atoms. The quantitative estimate of drug-likeness (QED) is 0.0684. The summed E-state index contributed by atoms with van der Waals surface area (Å²) in [6, 6.07) is -1.31. The number of methoxy groups -OCH3 is 1. The van der Waals surface area contributed by atoms with Crippen LogP contribution in [0.3, 0.4) is 0 Å². The zero-order valence-electron chi connectivity index (χ0n) is 33.4. The van der Waals surface area contributed by atoms with Crippen molar-refractivity contribution in [2.75, 3.05) is 33.4 Å². The van der Waals surface area contributed by atoms with Gasteiger partial charge in [0.2, 0.25) is 17.7 Å². The second-order valence-electron chi connectivity index (χ2n) is 15.8. The number of carbonyl (C=O) groups excluding carboxylic acids is 3. The molecule has 4 aliphatic rings. The maximum atomic E-state index is 13.6. The number of aliphatic carboxylic acids is 1. The van der Waals surface area contributed by atoms with Crippen LogP contribution in [-0.2, 0) is 47.6 Å². The predicted octanol–water partition coefficient (Wildman–Crippen LogP) is -1.32. The summed E-state index contributed by atoms with van der Waals surface area (Å²) in [5.41, 5.74) is 0. The van der Waals surface area contributed by atoms with Crippen molar-refractivity contribution in [3.05, 3.63) is 0 Å². The van der Waals surface area contributed by atoms with Crippen molar-refractivity contribution in [1.29, 1.82) is 0 Å². The van der Waals surface area contributed by atoms with E-state index in [4.69, 9.17) is 28.4 Å². The third-order valence-corrected chi connectivity index (χ3v) is 11.6. The molecule has 9 N–H and O–H groups in total. The van der Waals surface area contributed by atoms with Gasteiger partial charge in [-0.25, -0.2) is 4.79 Å². The van der Waals surface area contributed by atoms with Crippen molar-refractivity contribution in [2.24, 2.45) is 17.8 Å². The molecule has 0 aromatic rings. The molecule has 2 heterocycles. The first kappa shape index (κ1) is 47.1. The number of aliphatic hydroxyl groups is 5. The third kappa shape index (κ3) is 13.0. The minimum absolute atomic E-state index is 0.000691. The number of amides is 3. The van der Waals surface area contributed by atoms with E-state index in [2.05, 4.69) is 16.0 Å². The Morgan fingerprint density at radius 1 is 0.860 bits per heavy atom. The highest BCUT2D eigenvalue weighted by atomic mass is 16.7. The van der Waals surface area contributed by atoms with Crippen molar-refractivity contribution in [3.8, 4) is 0 Å². The van der Waals surface area contributed by atoms with Crippen molar-refractivity contribution in [3.63, 3.8) is 0 Å². The number of carboxylic acids is 1. The van der Waals surface area contributed by atoms with Gasteiger partial charge >= 0.3 is 5.97 Å². The van der Waals surface area contributed by atoms with Crippen LogP contribution >= 0.6 is 0 Å². The summed E-state index contributed by atoms with van der Waals surface area (Å²) in [4.78, 5) is 50.9. The van der Waals surface area contributed by atoms with E-state index in [0.29, 0.717) is 12.8 Å². The zero-order valence-corrected chi connectivity index (χ0v) is 33.4. The fraction of sp³-hybridized carbons (Fsp3) is 0.895. The average Bonchev–Trinajstić information content (AvgIpc) is 3.19. The second kappa shape index (κ2) is 22.7. The molecule has 0 aromatic carbocycles. The van der Waals surface area contributed by atoms with Crippen molar-refractivity contribution < 1.29 is 78.2 Å². The molecule has 2 aliphatic carbocycles. The van der Waals surface area contributed by atoms with E-state index >= 15 is 0 Å². The topological polar surface area (TPSA) is 281 Å². The molecule has 0 radical (unpaired) electrons. The number of aliphatic hydroxyl groups excluding tert-OH is 5. The Bertz CT molecular complexity index is 1290. The summed E-state index contributed by atoms with van der Waals surface area (Å²) in [5, 5.41) is 72.0. The Balaban J connectivity index is 1.62. The van der Waals surface area contributed by atoms with Gasteiger partial charge in [-0.05, 0) is 38.0 Å². The van der Waals surface area contributed by atoms with Crippen molar-refractivity contribution >= 4 is 23.7 Å². The van der Waals surface area contributed by atoms with E-state index in [-0.39, 0.29) is 56.7 Å². The summed E-state index contributed by atoms with van der Waals surface area (Å²) in [5.74, 6) is -3.42. The Hall–Kier alpha value is -2.56. The Kier molecular flexibility index (Phi) is 18.8. The molecular formula is C38H65N3O16. The molecule has 328 valence electrons. The molecule has 3 amide bonds. The third-order valence-electron chi connectivity index (χ3n) is 11.6. The van der Waals surface area contributed by atoms with E-state index in [0.717, 1.165) is 32.1 Å². The standard InChI is InChI=1S/C38H65N3O16/c1-5-22-16-23(35(49)40-13-12-39-27(44)11-14-52-4)17-24(33(22)57-38-32(48)31(47)29(45)19(2)53-38)55-37-28(41-20(3)43)34(30(46)26(18-42)56-37)54-25(36(50)51)15-21-9-7-6-8-10-21/h19,21-26,28-34,37-38,42,45-48H,5-18H2,1-4H3,(H,39,44)(H,40,49)(H,41,43)(H,50,51)/t19-,22?,23?,24+,25-,26-,28?,29?,30?,31?,32-,33?,34?,37+,38?/m0/s1. The maximum absolute atomic E-state index is 13.6. The smallest absolute Gasteiger partial charge is 0.332 e. The number of hydrogen-bond donors (Lipinski definition) is 9. The monoisotopic (exact) mass is 819 g/mol. The summed E-state index contributed by atoms with van der Waals surface area (Å²) in [6.07, 6.45) is -10.4. The summed E-state index contributed by atoms with van der Waals surface area (Å²) in [7, 11) is 1.49. The first-order valence-electron chi connectivity index (χ1n) is 20.3. The molecule has 57 heavy (non-hydrogen) atoms. The highest BCUT2D eigenvalue weighted by molar-refractivity contribution is 5.79. The summed E-state index contributed by atoms with van der Waals surface area (Å²) < 4.78 is 35.9. The van der Waals surface area contributed by atoms with E-state index in [9.17, 15) is 49.8 Å². The first-order chi connectivity index (χ1) is 27.2. The lowest BCUT2D eigenvalue weighted by Gasteiger charge is -2.49. The Labute approximate surface area is 333 Å². The van der Waals surface area contributed by atoms with E-state index in [1.165, 1.54) is 21.0 Å². The number of rotatable bonds is 19. The molecule has 19 nitrogen and oxygen atoms in total. The number of nitrogens with one attached hydrogen (secondary N) is 3. The van der Waals surface area contributed by atoms with Gasteiger partial charge in [-0.2, -0.15) is 0 Å². The van der Waals surface area contributed by atoms with Gasteiger partial charge in [-0.15, -0.1) is 0 Å². The van der Waals surface area contributed by atoms with Crippen molar-refractivity contribution in [2.45, 2.75) is 165 Å². The molecule has 19 heteroatoms. The van der Waals surface area contributed by atoms with Crippen LogP contribution in [0.4, 0.5) is 0 Å². The fourth-order valence-corrected chi connectivity index (χ4v) is 8.39. The molecule has 4 rings (SSSR count). The highest BCUT2D eigenvalue weighted by Crippen LogP contribution is 2.40. The minimum Gasteiger partial charge on any atom is -0.479 e. The van der Waals surface area contributed by atoms with Gasteiger partial charge in [0.15, 0.2) is 18.7 Å². The number of carboxylic acid groups (broad SMARTS) is 1. The van der Waals surface area contributed by atoms with E-state index < -0.39 is 110 Å². The zero-order chi connectivity index (χ0) is 41.8. The van der Waals surface area contributed by atoms with Crippen LogP contribution in [0.5, 0.6) is 0 Å². The fourth-order valence-electron chi connectivity index (χ4n) is 8.39. The summed E-state index contributed by atoms with van der Waals surface area (Å²) in [6.45, 7) is 4.44. The molecule has 9 unspecified atom stereocenters. The van der Waals surface area contributed by atoms with Gasteiger partial charge < -0.3 is 75.0 Å². The number of hydrogen-bond acceptors (Lipinski definition) is 15. The number of ether oxygens (including phenoxy) is 6. The lowest BCUT2D eigenvalue weighted by molar-refractivity contribution is -0.338. The number of carbonyl (C=O) groups is 4. The second-order valence-corrected chi connectivity index (χ2v) is 15.8. The van der Waals surface area contributed by atoms with Crippen LogP contribution in [0, 0.1) is 17.8 Å². The van der Waals surface area contributed by atoms with Gasteiger partial charge in [0.25, 0.3) is 0 Å². The van der Waals surface area contributed by atoms with Gasteiger partial charge in [0.1, 0.15) is 42.7 Å². The summed E-state index contributed by atoms with van der Waals surface area (Å²) >= 11 is 0. The van der Waals surface area contributed by atoms with Crippen LogP contribution in [0.2, 0.25) is 0 Å². The van der Waals surface area contributed by atoms with E-state index in [1.807, 2.05) is 6.92 Å². The normalized spacial score (nSPS) is 36.9. The van der Waals surface area contributed by atoms with Gasteiger partial charge in [-0.3, -0.25) is 14.4 Å².